The van der Waals surface area contributed by atoms with Gasteiger partial charge in [-0.15, -0.1) is 0 Å². The second-order valence-electron chi connectivity index (χ2n) is 4.75. The molecule has 1 N–H and O–H groups in total. The fourth-order valence-corrected chi connectivity index (χ4v) is 2.83. The van der Waals surface area contributed by atoms with E-state index in [0.717, 1.165) is 11.1 Å². The molecule has 1 atom stereocenters. The summed E-state index contributed by atoms with van der Waals surface area (Å²) in [6.45, 7) is 3.52. The molecular formula is C14H20O4S. The maximum absolute atomic E-state index is 11.4. The molecule has 4 nitrogen and oxygen atoms in total. The van der Waals surface area contributed by atoms with E-state index in [1.165, 1.54) is 0 Å². The van der Waals surface area contributed by atoms with Gasteiger partial charge < -0.3 is 5.11 Å². The van der Waals surface area contributed by atoms with Crippen LogP contribution in [0, 0.1) is 12.8 Å². The lowest BCUT2D eigenvalue weighted by atomic mass is 9.96. The highest BCUT2D eigenvalue weighted by molar-refractivity contribution is 7.91. The molecule has 19 heavy (non-hydrogen) atoms. The van der Waals surface area contributed by atoms with Crippen LogP contribution in [0.5, 0.6) is 0 Å². The lowest BCUT2D eigenvalue weighted by molar-refractivity contribution is -0.141. The van der Waals surface area contributed by atoms with E-state index in [-0.39, 0.29) is 17.9 Å². The number of carboxylic acids is 1. The third kappa shape index (κ3) is 5.42. The summed E-state index contributed by atoms with van der Waals surface area (Å²) in [7, 11) is -3.11. The predicted octanol–water partition coefficient (Wildman–Crippen LogP) is 2.06. The van der Waals surface area contributed by atoms with Gasteiger partial charge >= 0.3 is 5.97 Å². The normalized spacial score (nSPS) is 13.2. The van der Waals surface area contributed by atoms with Crippen molar-refractivity contribution in [2.45, 2.75) is 26.7 Å². The first-order valence-electron chi connectivity index (χ1n) is 6.33. The Hall–Kier alpha value is -1.36. The van der Waals surface area contributed by atoms with Crippen molar-refractivity contribution in [3.63, 3.8) is 0 Å². The molecule has 1 aromatic rings. The van der Waals surface area contributed by atoms with Crippen LogP contribution in [0.2, 0.25) is 0 Å². The van der Waals surface area contributed by atoms with Crippen molar-refractivity contribution in [3.8, 4) is 0 Å². The van der Waals surface area contributed by atoms with E-state index in [0.29, 0.717) is 6.42 Å². The molecule has 1 rings (SSSR count). The number of rotatable bonds is 7. The van der Waals surface area contributed by atoms with Crippen LogP contribution in [0.25, 0.3) is 0 Å². The molecule has 0 aliphatic rings. The summed E-state index contributed by atoms with van der Waals surface area (Å²) in [6, 6.07) is 7.63. The van der Waals surface area contributed by atoms with Gasteiger partial charge in [0.15, 0.2) is 0 Å². The molecule has 0 aliphatic heterocycles. The molecule has 0 fully saturated rings. The molecular weight excluding hydrogens is 264 g/mol. The van der Waals surface area contributed by atoms with E-state index in [1.807, 2.05) is 31.2 Å². The molecule has 0 amide bonds. The number of hydrogen-bond donors (Lipinski definition) is 1. The highest BCUT2D eigenvalue weighted by Gasteiger charge is 2.21. The molecule has 1 unspecified atom stereocenters. The average molecular weight is 284 g/mol. The Morgan fingerprint density at radius 3 is 2.58 bits per heavy atom. The van der Waals surface area contributed by atoms with Crippen molar-refractivity contribution in [3.05, 3.63) is 35.4 Å². The van der Waals surface area contributed by atoms with Crippen molar-refractivity contribution in [1.29, 1.82) is 0 Å². The Balaban J connectivity index is 2.71. The number of carboxylic acid groups (broad SMARTS) is 1. The van der Waals surface area contributed by atoms with E-state index in [2.05, 4.69) is 0 Å². The third-order valence-electron chi connectivity index (χ3n) is 3.13. The van der Waals surface area contributed by atoms with Crippen LogP contribution in [-0.4, -0.2) is 31.0 Å². The van der Waals surface area contributed by atoms with Gasteiger partial charge in [0.2, 0.25) is 0 Å². The lowest BCUT2D eigenvalue weighted by Crippen LogP contribution is -2.21. The smallest absolute Gasteiger partial charge is 0.306 e. The molecule has 0 heterocycles. The lowest BCUT2D eigenvalue weighted by Gasteiger charge is -2.12. The number of hydrogen-bond acceptors (Lipinski definition) is 3. The first-order chi connectivity index (χ1) is 8.84. The second-order valence-corrected chi connectivity index (χ2v) is 7.23. The second kappa shape index (κ2) is 6.70. The Labute approximate surface area is 114 Å². The van der Waals surface area contributed by atoms with E-state index in [1.54, 1.807) is 6.92 Å². The molecule has 106 valence electrons. The Morgan fingerprint density at radius 2 is 2.05 bits per heavy atom. The molecule has 0 radical (unpaired) electrons. The predicted molar refractivity (Wildman–Crippen MR) is 75.0 cm³/mol. The summed E-state index contributed by atoms with van der Waals surface area (Å²) in [5, 5.41) is 9.18. The Kier molecular flexibility index (Phi) is 5.54. The molecule has 0 aliphatic carbocycles. The van der Waals surface area contributed by atoms with E-state index < -0.39 is 21.7 Å². The largest absolute Gasteiger partial charge is 0.481 e. The van der Waals surface area contributed by atoms with Crippen molar-refractivity contribution < 1.29 is 18.3 Å². The van der Waals surface area contributed by atoms with Crippen LogP contribution >= 0.6 is 0 Å². The maximum Gasteiger partial charge on any atom is 0.306 e. The number of aryl methyl sites for hydroxylation is 1. The van der Waals surface area contributed by atoms with Crippen LogP contribution in [0.3, 0.4) is 0 Å². The average Bonchev–Trinajstić information content (AvgIpc) is 2.34. The molecule has 0 aromatic heterocycles. The van der Waals surface area contributed by atoms with E-state index in [9.17, 15) is 18.3 Å². The number of sulfone groups is 1. The van der Waals surface area contributed by atoms with Crippen molar-refractivity contribution in [1.82, 2.24) is 0 Å². The number of aliphatic carboxylic acids is 1. The molecule has 0 saturated carbocycles. The van der Waals surface area contributed by atoms with Gasteiger partial charge in [-0.1, -0.05) is 36.8 Å². The van der Waals surface area contributed by atoms with Crippen LogP contribution < -0.4 is 0 Å². The van der Waals surface area contributed by atoms with E-state index in [4.69, 9.17) is 0 Å². The first-order valence-corrected chi connectivity index (χ1v) is 8.15. The van der Waals surface area contributed by atoms with E-state index >= 15 is 0 Å². The fourth-order valence-electron chi connectivity index (χ4n) is 1.90. The van der Waals surface area contributed by atoms with Gasteiger partial charge in [0.05, 0.1) is 11.7 Å². The van der Waals surface area contributed by atoms with Gasteiger partial charge in [-0.3, -0.25) is 4.79 Å². The molecule has 0 saturated heterocycles. The van der Waals surface area contributed by atoms with Crippen LogP contribution in [0.1, 0.15) is 24.5 Å². The summed E-state index contributed by atoms with van der Waals surface area (Å²) in [5.41, 5.74) is 2.00. The van der Waals surface area contributed by atoms with Crippen LogP contribution in [-0.2, 0) is 21.1 Å². The quantitative estimate of drug-likeness (QED) is 0.832. The zero-order valence-electron chi connectivity index (χ0n) is 11.3. The maximum atomic E-state index is 11.4. The van der Waals surface area contributed by atoms with Crippen molar-refractivity contribution in [2.24, 2.45) is 5.92 Å². The Morgan fingerprint density at radius 1 is 1.37 bits per heavy atom. The fraction of sp³-hybridized carbons (Fsp3) is 0.500. The summed E-state index contributed by atoms with van der Waals surface area (Å²) in [5.74, 6) is -1.59. The van der Waals surface area contributed by atoms with Crippen molar-refractivity contribution in [2.75, 3.05) is 11.5 Å². The summed E-state index contributed by atoms with van der Waals surface area (Å²) in [4.78, 5) is 11.2. The van der Waals surface area contributed by atoms with Gasteiger partial charge in [-0.2, -0.15) is 0 Å². The zero-order valence-corrected chi connectivity index (χ0v) is 12.1. The molecule has 5 heteroatoms. The highest BCUT2D eigenvalue weighted by atomic mass is 32.2. The molecule has 0 spiro atoms. The highest BCUT2D eigenvalue weighted by Crippen LogP contribution is 2.15. The topological polar surface area (TPSA) is 71.4 Å². The SMILES string of the molecule is CCS(=O)(=O)CCC(Cc1cccc(C)c1)C(=O)O. The minimum absolute atomic E-state index is 0.0593. The van der Waals surface area contributed by atoms with Gasteiger partial charge in [0.25, 0.3) is 0 Å². The van der Waals surface area contributed by atoms with Crippen molar-refractivity contribution >= 4 is 15.8 Å². The zero-order chi connectivity index (χ0) is 14.5. The summed E-state index contributed by atoms with van der Waals surface area (Å²) < 4.78 is 22.9. The molecule has 0 bridgehead atoms. The monoisotopic (exact) mass is 284 g/mol. The standard InChI is InChI=1S/C14H20O4S/c1-3-19(17,18)8-7-13(14(15)16)10-12-6-4-5-11(2)9-12/h4-6,9,13H,3,7-8,10H2,1-2H3,(H,15,16). The summed E-state index contributed by atoms with van der Waals surface area (Å²) >= 11 is 0. The Bertz CT molecular complexity index is 534. The first kappa shape index (κ1) is 15.7. The molecule has 1 aromatic carbocycles. The van der Waals surface area contributed by atoms with Gasteiger partial charge in [-0.25, -0.2) is 8.42 Å². The van der Waals surface area contributed by atoms with Gasteiger partial charge in [0.1, 0.15) is 9.84 Å². The number of carbonyl (C=O) groups is 1. The van der Waals surface area contributed by atoms with Crippen LogP contribution in [0.15, 0.2) is 24.3 Å². The third-order valence-corrected chi connectivity index (χ3v) is 4.87. The van der Waals surface area contributed by atoms with Gasteiger partial charge in [0, 0.05) is 5.75 Å². The summed E-state index contributed by atoms with van der Waals surface area (Å²) in [6.07, 6.45) is 0.537. The minimum Gasteiger partial charge on any atom is -0.481 e. The minimum atomic E-state index is -3.11. The van der Waals surface area contributed by atoms with Gasteiger partial charge in [-0.05, 0) is 25.3 Å². The van der Waals surface area contributed by atoms with Crippen LogP contribution in [0.4, 0.5) is 0 Å². The number of benzene rings is 1.